The van der Waals surface area contributed by atoms with E-state index in [0.29, 0.717) is 5.95 Å². The van der Waals surface area contributed by atoms with Crippen LogP contribution in [-0.4, -0.2) is 9.97 Å². The number of anilines is 1. The Morgan fingerprint density at radius 3 is 2.79 bits per heavy atom. The van der Waals surface area contributed by atoms with Crippen molar-refractivity contribution in [2.45, 2.75) is 0 Å². The molecule has 0 amide bonds. The lowest BCUT2D eigenvalue weighted by atomic mass is 10.1. The summed E-state index contributed by atoms with van der Waals surface area (Å²) < 4.78 is 1.02. The van der Waals surface area contributed by atoms with E-state index in [0.717, 1.165) is 15.7 Å². The summed E-state index contributed by atoms with van der Waals surface area (Å²) in [6.07, 6.45) is 1.65. The van der Waals surface area contributed by atoms with Crippen molar-refractivity contribution in [3.8, 4) is 11.3 Å². The van der Waals surface area contributed by atoms with E-state index in [-0.39, 0.29) is 0 Å². The van der Waals surface area contributed by atoms with Crippen molar-refractivity contribution in [2.24, 2.45) is 0 Å². The number of hydrogen-bond donors (Lipinski definition) is 1. The minimum absolute atomic E-state index is 0.294. The lowest BCUT2D eigenvalue weighted by Gasteiger charge is -2.01. The predicted molar refractivity (Wildman–Crippen MR) is 59.6 cm³/mol. The van der Waals surface area contributed by atoms with E-state index < -0.39 is 0 Å². The molecule has 1 aromatic carbocycles. The number of nitrogens with zero attached hydrogens (tertiary/aromatic N) is 2. The van der Waals surface area contributed by atoms with E-state index in [2.05, 4.69) is 25.9 Å². The molecule has 70 valence electrons. The Morgan fingerprint density at radius 1 is 1.21 bits per heavy atom. The molecule has 1 aromatic heterocycles. The Kier molecular flexibility index (Phi) is 2.45. The quantitative estimate of drug-likeness (QED) is 0.845. The third kappa shape index (κ3) is 1.90. The van der Waals surface area contributed by atoms with Crippen LogP contribution in [0.5, 0.6) is 0 Å². The second kappa shape index (κ2) is 3.75. The van der Waals surface area contributed by atoms with Crippen LogP contribution in [0.4, 0.5) is 5.95 Å². The number of nitrogen functional groups attached to an aromatic ring is 1. The molecule has 0 aliphatic heterocycles. The molecule has 14 heavy (non-hydrogen) atoms. The Labute approximate surface area is 90.1 Å². The van der Waals surface area contributed by atoms with Crippen LogP contribution in [0.15, 0.2) is 41.0 Å². The maximum Gasteiger partial charge on any atom is 0.220 e. The molecule has 4 heteroatoms. The molecule has 2 N–H and O–H groups in total. The molecule has 0 radical (unpaired) electrons. The summed E-state index contributed by atoms with van der Waals surface area (Å²) in [6, 6.07) is 9.72. The first kappa shape index (κ1) is 9.15. The summed E-state index contributed by atoms with van der Waals surface area (Å²) in [6.45, 7) is 0. The van der Waals surface area contributed by atoms with Crippen LogP contribution in [0.1, 0.15) is 0 Å². The summed E-state index contributed by atoms with van der Waals surface area (Å²) in [5.41, 5.74) is 7.35. The first-order valence-corrected chi connectivity index (χ1v) is 4.89. The van der Waals surface area contributed by atoms with Gasteiger partial charge in [-0.3, -0.25) is 0 Å². The van der Waals surface area contributed by atoms with E-state index in [9.17, 15) is 0 Å². The molecule has 2 aromatic rings. The van der Waals surface area contributed by atoms with E-state index >= 15 is 0 Å². The summed E-state index contributed by atoms with van der Waals surface area (Å²) in [5.74, 6) is 0.294. The van der Waals surface area contributed by atoms with Gasteiger partial charge in [0.1, 0.15) is 0 Å². The number of benzene rings is 1. The molecule has 3 nitrogen and oxygen atoms in total. The Bertz CT molecular complexity index is 413. The van der Waals surface area contributed by atoms with Crippen LogP contribution in [-0.2, 0) is 0 Å². The molecule has 0 unspecified atom stereocenters. The van der Waals surface area contributed by atoms with Gasteiger partial charge in [-0.05, 0) is 18.2 Å². The minimum Gasteiger partial charge on any atom is -0.368 e. The third-order valence-corrected chi connectivity index (χ3v) is 2.29. The van der Waals surface area contributed by atoms with Crippen LogP contribution < -0.4 is 5.73 Å². The van der Waals surface area contributed by atoms with E-state index in [1.54, 1.807) is 6.20 Å². The van der Waals surface area contributed by atoms with Crippen molar-refractivity contribution in [1.82, 2.24) is 9.97 Å². The van der Waals surface area contributed by atoms with Gasteiger partial charge in [-0.15, -0.1) is 0 Å². The maximum absolute atomic E-state index is 5.50. The summed E-state index contributed by atoms with van der Waals surface area (Å²) in [7, 11) is 0. The van der Waals surface area contributed by atoms with Crippen molar-refractivity contribution in [1.29, 1.82) is 0 Å². The third-order valence-electron chi connectivity index (χ3n) is 1.79. The summed E-state index contributed by atoms with van der Waals surface area (Å²) >= 11 is 3.40. The van der Waals surface area contributed by atoms with Crippen molar-refractivity contribution >= 4 is 21.9 Å². The smallest absolute Gasteiger partial charge is 0.220 e. The van der Waals surface area contributed by atoms with Crippen LogP contribution in [0.2, 0.25) is 0 Å². The standard InChI is InChI=1S/C10H8BrN3/c11-8-3-1-2-7(6-8)9-4-5-13-10(12)14-9/h1-6H,(H2,12,13,14). The van der Waals surface area contributed by atoms with Crippen LogP contribution in [0.3, 0.4) is 0 Å². The van der Waals surface area contributed by atoms with Gasteiger partial charge in [-0.2, -0.15) is 0 Å². The number of aromatic nitrogens is 2. The van der Waals surface area contributed by atoms with E-state index in [1.807, 2.05) is 30.3 Å². The van der Waals surface area contributed by atoms with Crippen LogP contribution >= 0.6 is 15.9 Å². The maximum atomic E-state index is 5.50. The van der Waals surface area contributed by atoms with Gasteiger partial charge in [0.2, 0.25) is 5.95 Å². The SMILES string of the molecule is Nc1nccc(-c2cccc(Br)c2)n1. The number of nitrogens with two attached hydrogens (primary N) is 1. The molecule has 0 atom stereocenters. The first-order chi connectivity index (χ1) is 6.75. The highest BCUT2D eigenvalue weighted by molar-refractivity contribution is 9.10. The molecule has 0 bridgehead atoms. The van der Waals surface area contributed by atoms with Crippen LogP contribution in [0, 0.1) is 0 Å². The Hall–Kier alpha value is -1.42. The van der Waals surface area contributed by atoms with Gasteiger partial charge in [0, 0.05) is 16.2 Å². The van der Waals surface area contributed by atoms with Crippen molar-refractivity contribution in [3.63, 3.8) is 0 Å². The lowest BCUT2D eigenvalue weighted by Crippen LogP contribution is -1.94. The average molecular weight is 250 g/mol. The fraction of sp³-hybridized carbons (Fsp3) is 0. The van der Waals surface area contributed by atoms with Gasteiger partial charge in [0.15, 0.2) is 0 Å². The molecule has 0 fully saturated rings. The van der Waals surface area contributed by atoms with E-state index in [4.69, 9.17) is 5.73 Å². The molecule has 0 aliphatic carbocycles. The van der Waals surface area contributed by atoms with Crippen LogP contribution in [0.25, 0.3) is 11.3 Å². The Balaban J connectivity index is 2.49. The van der Waals surface area contributed by atoms with Crippen molar-refractivity contribution < 1.29 is 0 Å². The average Bonchev–Trinajstić information content (AvgIpc) is 2.18. The molecule has 1 heterocycles. The zero-order chi connectivity index (χ0) is 9.97. The minimum atomic E-state index is 0.294. The van der Waals surface area contributed by atoms with Gasteiger partial charge < -0.3 is 5.73 Å². The van der Waals surface area contributed by atoms with Crippen molar-refractivity contribution in [2.75, 3.05) is 5.73 Å². The van der Waals surface area contributed by atoms with Gasteiger partial charge >= 0.3 is 0 Å². The normalized spacial score (nSPS) is 10.1. The van der Waals surface area contributed by atoms with Gasteiger partial charge in [0.25, 0.3) is 0 Å². The zero-order valence-corrected chi connectivity index (χ0v) is 8.90. The van der Waals surface area contributed by atoms with Gasteiger partial charge in [-0.1, -0.05) is 28.1 Å². The summed E-state index contributed by atoms with van der Waals surface area (Å²) in [4.78, 5) is 7.97. The largest absolute Gasteiger partial charge is 0.368 e. The number of halogens is 1. The highest BCUT2D eigenvalue weighted by atomic mass is 79.9. The second-order valence-corrected chi connectivity index (χ2v) is 3.73. The molecular weight excluding hydrogens is 242 g/mol. The van der Waals surface area contributed by atoms with Crippen molar-refractivity contribution in [3.05, 3.63) is 41.0 Å². The van der Waals surface area contributed by atoms with E-state index in [1.165, 1.54) is 0 Å². The molecule has 0 spiro atoms. The van der Waals surface area contributed by atoms with Gasteiger partial charge in [0.05, 0.1) is 5.69 Å². The fourth-order valence-corrected chi connectivity index (χ4v) is 1.58. The number of rotatable bonds is 1. The first-order valence-electron chi connectivity index (χ1n) is 4.10. The van der Waals surface area contributed by atoms with Gasteiger partial charge in [-0.25, -0.2) is 9.97 Å². The zero-order valence-electron chi connectivity index (χ0n) is 7.31. The predicted octanol–water partition coefficient (Wildman–Crippen LogP) is 2.49. The monoisotopic (exact) mass is 249 g/mol. The molecule has 0 saturated heterocycles. The molecule has 0 saturated carbocycles. The second-order valence-electron chi connectivity index (χ2n) is 2.81. The molecular formula is C10H8BrN3. The Morgan fingerprint density at radius 2 is 2.07 bits per heavy atom. The molecule has 2 rings (SSSR count). The highest BCUT2D eigenvalue weighted by Crippen LogP contribution is 2.20. The highest BCUT2D eigenvalue weighted by Gasteiger charge is 1.99. The lowest BCUT2D eigenvalue weighted by molar-refractivity contribution is 1.19. The fourth-order valence-electron chi connectivity index (χ4n) is 1.18. The number of hydrogen-bond acceptors (Lipinski definition) is 3. The molecule has 0 aliphatic rings. The summed E-state index contributed by atoms with van der Waals surface area (Å²) in [5, 5.41) is 0. The topological polar surface area (TPSA) is 51.8 Å².